The molecule has 2 rings (SSSR count). The fourth-order valence-corrected chi connectivity index (χ4v) is 2.60. The van der Waals surface area contributed by atoms with Crippen molar-refractivity contribution in [1.82, 2.24) is 5.32 Å². The first-order valence-electron chi connectivity index (χ1n) is 7.22. The molecule has 0 heterocycles. The van der Waals surface area contributed by atoms with E-state index >= 15 is 0 Å². The summed E-state index contributed by atoms with van der Waals surface area (Å²) in [6.45, 7) is 3.02. The molecule has 0 bridgehead atoms. The second-order valence-corrected chi connectivity index (χ2v) is 5.75. The average Bonchev–Trinajstić information content (AvgIpc) is 3.18. The minimum atomic E-state index is -0.206. The Morgan fingerprint density at radius 3 is 2.63 bits per heavy atom. The molecule has 1 aromatic rings. The van der Waals surface area contributed by atoms with Gasteiger partial charge in [-0.15, -0.1) is 0 Å². The number of rotatable bonds is 7. The number of carbonyl (C=O) groups excluding carboxylic acids is 1. The van der Waals surface area contributed by atoms with Gasteiger partial charge >= 0.3 is 0 Å². The largest absolute Gasteiger partial charge is 0.355 e. The van der Waals surface area contributed by atoms with Crippen molar-refractivity contribution in [2.75, 3.05) is 6.54 Å². The zero-order valence-electron chi connectivity index (χ0n) is 11.7. The molecule has 1 amide bonds. The second-order valence-electron chi connectivity index (χ2n) is 5.75. The summed E-state index contributed by atoms with van der Waals surface area (Å²) in [5.74, 6) is 0.0683. The van der Waals surface area contributed by atoms with E-state index in [4.69, 9.17) is 5.73 Å². The van der Waals surface area contributed by atoms with Gasteiger partial charge in [-0.25, -0.2) is 0 Å². The maximum atomic E-state index is 11.9. The molecule has 0 aliphatic heterocycles. The van der Waals surface area contributed by atoms with Crippen LogP contribution in [-0.4, -0.2) is 12.5 Å². The van der Waals surface area contributed by atoms with Crippen molar-refractivity contribution < 1.29 is 4.79 Å². The van der Waals surface area contributed by atoms with Gasteiger partial charge in [-0.05, 0) is 30.2 Å². The minimum Gasteiger partial charge on any atom is -0.355 e. The summed E-state index contributed by atoms with van der Waals surface area (Å²) in [7, 11) is 0. The van der Waals surface area contributed by atoms with Crippen molar-refractivity contribution in [3.05, 3.63) is 35.9 Å². The number of carbonyl (C=O) groups is 1. The van der Waals surface area contributed by atoms with E-state index in [1.54, 1.807) is 0 Å². The molecule has 1 unspecified atom stereocenters. The van der Waals surface area contributed by atoms with Crippen LogP contribution in [0, 0.1) is 5.41 Å². The maximum Gasteiger partial charge on any atom is 0.221 e. The Balaban J connectivity index is 1.75. The summed E-state index contributed by atoms with van der Waals surface area (Å²) in [5.41, 5.74) is 7.47. The Hall–Kier alpha value is -1.35. The molecule has 3 heteroatoms. The molecule has 3 nitrogen and oxygen atoms in total. The summed E-state index contributed by atoms with van der Waals surface area (Å²) in [6, 6.07) is 9.59. The van der Waals surface area contributed by atoms with Crippen molar-refractivity contribution in [3.63, 3.8) is 0 Å². The minimum absolute atomic E-state index is 0.0683. The highest BCUT2D eigenvalue weighted by molar-refractivity contribution is 5.76. The lowest BCUT2D eigenvalue weighted by atomic mass is 10.0. The summed E-state index contributed by atoms with van der Waals surface area (Å²) in [5, 5.41) is 3.05. The standard InChI is InChI=1S/C16H24N2O/c1-2-8-16(9-10-16)12-18-15(19)11-14(17)13-6-4-3-5-7-13/h3-7,14H,2,8-12,17H2,1H3,(H,18,19). The number of hydrogen-bond donors (Lipinski definition) is 2. The molecule has 0 radical (unpaired) electrons. The number of hydrogen-bond acceptors (Lipinski definition) is 2. The van der Waals surface area contributed by atoms with Crippen LogP contribution in [-0.2, 0) is 4.79 Å². The van der Waals surface area contributed by atoms with E-state index < -0.39 is 0 Å². The van der Waals surface area contributed by atoms with Gasteiger partial charge < -0.3 is 11.1 Å². The van der Waals surface area contributed by atoms with Crippen LogP contribution in [0.1, 0.15) is 50.6 Å². The lowest BCUT2D eigenvalue weighted by Crippen LogP contribution is -2.32. The zero-order chi connectivity index (χ0) is 13.7. The molecule has 1 aliphatic carbocycles. The van der Waals surface area contributed by atoms with E-state index in [9.17, 15) is 4.79 Å². The van der Waals surface area contributed by atoms with Gasteiger partial charge in [0.25, 0.3) is 0 Å². The molecule has 0 spiro atoms. The smallest absolute Gasteiger partial charge is 0.221 e. The van der Waals surface area contributed by atoms with Crippen molar-refractivity contribution in [1.29, 1.82) is 0 Å². The van der Waals surface area contributed by atoms with Gasteiger partial charge in [-0.1, -0.05) is 43.7 Å². The first-order valence-corrected chi connectivity index (χ1v) is 7.22. The molecule has 1 aromatic carbocycles. The highest BCUT2D eigenvalue weighted by Crippen LogP contribution is 2.48. The van der Waals surface area contributed by atoms with Crippen LogP contribution in [0.15, 0.2) is 30.3 Å². The molecule has 0 saturated heterocycles. The summed E-state index contributed by atoms with van der Waals surface area (Å²) < 4.78 is 0. The fraction of sp³-hybridized carbons (Fsp3) is 0.562. The van der Waals surface area contributed by atoms with E-state index in [1.807, 2.05) is 30.3 Å². The molecule has 0 aromatic heterocycles. The van der Waals surface area contributed by atoms with Crippen LogP contribution >= 0.6 is 0 Å². The number of amides is 1. The first kappa shape index (κ1) is 14.1. The van der Waals surface area contributed by atoms with Crippen molar-refractivity contribution in [2.24, 2.45) is 11.1 Å². The van der Waals surface area contributed by atoms with E-state index in [-0.39, 0.29) is 11.9 Å². The topological polar surface area (TPSA) is 55.1 Å². The Morgan fingerprint density at radius 1 is 1.37 bits per heavy atom. The van der Waals surface area contributed by atoms with E-state index in [1.165, 1.54) is 25.7 Å². The van der Waals surface area contributed by atoms with Gasteiger partial charge in [0.15, 0.2) is 0 Å². The van der Waals surface area contributed by atoms with Crippen molar-refractivity contribution >= 4 is 5.91 Å². The van der Waals surface area contributed by atoms with Gasteiger partial charge in [-0.3, -0.25) is 4.79 Å². The summed E-state index contributed by atoms with van der Waals surface area (Å²) >= 11 is 0. The van der Waals surface area contributed by atoms with Gasteiger partial charge in [0, 0.05) is 19.0 Å². The van der Waals surface area contributed by atoms with Crippen molar-refractivity contribution in [2.45, 2.75) is 45.1 Å². The van der Waals surface area contributed by atoms with Crippen LogP contribution in [0.25, 0.3) is 0 Å². The third-order valence-electron chi connectivity index (χ3n) is 4.03. The fourth-order valence-electron chi connectivity index (χ4n) is 2.60. The first-order chi connectivity index (χ1) is 9.15. The summed E-state index contributed by atoms with van der Waals surface area (Å²) in [4.78, 5) is 11.9. The van der Waals surface area contributed by atoms with Crippen LogP contribution in [0.4, 0.5) is 0 Å². The highest BCUT2D eigenvalue weighted by atomic mass is 16.1. The monoisotopic (exact) mass is 260 g/mol. The van der Waals surface area contributed by atoms with Gasteiger partial charge in [-0.2, -0.15) is 0 Å². The van der Waals surface area contributed by atoms with Crippen LogP contribution in [0.5, 0.6) is 0 Å². The highest BCUT2D eigenvalue weighted by Gasteiger charge is 2.41. The molecular formula is C16H24N2O. The normalized spacial score (nSPS) is 17.8. The quantitative estimate of drug-likeness (QED) is 0.792. The van der Waals surface area contributed by atoms with Crippen molar-refractivity contribution in [3.8, 4) is 0 Å². The molecule has 1 saturated carbocycles. The molecule has 1 aliphatic rings. The van der Waals surface area contributed by atoms with Crippen LogP contribution in [0.2, 0.25) is 0 Å². The summed E-state index contributed by atoms with van der Waals surface area (Å²) in [6.07, 6.45) is 5.29. The zero-order valence-corrected chi connectivity index (χ0v) is 11.7. The molecule has 3 N–H and O–H groups in total. The Labute approximate surface area is 115 Å². The van der Waals surface area contributed by atoms with Gasteiger partial charge in [0.2, 0.25) is 5.91 Å². The molecule has 1 fully saturated rings. The van der Waals surface area contributed by atoms with Crippen LogP contribution < -0.4 is 11.1 Å². The molecule has 19 heavy (non-hydrogen) atoms. The lowest BCUT2D eigenvalue weighted by Gasteiger charge is -2.16. The maximum absolute atomic E-state index is 11.9. The Morgan fingerprint density at radius 2 is 2.05 bits per heavy atom. The predicted molar refractivity (Wildman–Crippen MR) is 77.6 cm³/mol. The molecule has 104 valence electrons. The number of nitrogens with one attached hydrogen (secondary N) is 1. The lowest BCUT2D eigenvalue weighted by molar-refractivity contribution is -0.121. The molecule has 1 atom stereocenters. The predicted octanol–water partition coefficient (Wildman–Crippen LogP) is 2.77. The third-order valence-corrected chi connectivity index (χ3v) is 4.03. The Kier molecular flexibility index (Phi) is 4.59. The average molecular weight is 260 g/mol. The van der Waals surface area contributed by atoms with E-state index in [2.05, 4.69) is 12.2 Å². The number of nitrogens with two attached hydrogens (primary N) is 1. The SMILES string of the molecule is CCCC1(CNC(=O)CC(N)c2ccccc2)CC1. The van der Waals surface area contributed by atoms with E-state index in [0.717, 1.165) is 12.1 Å². The Bertz CT molecular complexity index is 412. The van der Waals surface area contributed by atoms with Gasteiger partial charge in [0.05, 0.1) is 0 Å². The third kappa shape index (κ3) is 4.06. The van der Waals surface area contributed by atoms with Crippen LogP contribution in [0.3, 0.4) is 0 Å². The van der Waals surface area contributed by atoms with Gasteiger partial charge in [0.1, 0.15) is 0 Å². The van der Waals surface area contributed by atoms with E-state index in [0.29, 0.717) is 11.8 Å². The number of benzene rings is 1. The molecular weight excluding hydrogens is 236 g/mol. The second kappa shape index (κ2) is 6.20.